The van der Waals surface area contributed by atoms with Gasteiger partial charge >= 0.3 is 12.1 Å². The molecule has 0 radical (unpaired) electrons. The molecule has 0 bridgehead atoms. The molecule has 0 N–H and O–H groups in total. The maximum absolute atomic E-state index is 14.1. The van der Waals surface area contributed by atoms with Gasteiger partial charge in [-0.05, 0) is 33.1 Å². The van der Waals surface area contributed by atoms with Crippen molar-refractivity contribution in [2.75, 3.05) is 40.1 Å². The van der Waals surface area contributed by atoms with Crippen molar-refractivity contribution in [1.82, 2.24) is 24.3 Å². The number of pyridine rings is 1. The van der Waals surface area contributed by atoms with Crippen molar-refractivity contribution in [3.63, 3.8) is 0 Å². The number of aromatic nitrogens is 3. The predicted molar refractivity (Wildman–Crippen MR) is 157 cm³/mol. The third kappa shape index (κ3) is 6.15. The molecule has 3 aromatic rings. The summed E-state index contributed by atoms with van der Waals surface area (Å²) in [4.78, 5) is 38.1. The van der Waals surface area contributed by atoms with Gasteiger partial charge in [0.2, 0.25) is 0 Å². The van der Waals surface area contributed by atoms with Gasteiger partial charge in [0, 0.05) is 54.9 Å². The van der Waals surface area contributed by atoms with Crippen LogP contribution in [0, 0.1) is 0 Å². The molecule has 1 amide bonds. The fourth-order valence-corrected chi connectivity index (χ4v) is 5.81. The summed E-state index contributed by atoms with van der Waals surface area (Å²) >= 11 is 14.5. The van der Waals surface area contributed by atoms with Crippen molar-refractivity contribution in [2.45, 2.75) is 50.2 Å². The number of benzene rings is 1. The first-order valence-electron chi connectivity index (χ1n) is 12.8. The number of methoxy groups -OCH3 is 2. The fourth-order valence-electron chi connectivity index (χ4n) is 4.77. The molecule has 0 spiro atoms. The van der Waals surface area contributed by atoms with Gasteiger partial charge in [-0.15, -0.1) is 0 Å². The predicted octanol–water partition coefficient (Wildman–Crippen LogP) is 5.38. The summed E-state index contributed by atoms with van der Waals surface area (Å²) in [6.45, 7) is 5.72. The summed E-state index contributed by atoms with van der Waals surface area (Å²) < 4.78 is 52.9. The van der Waals surface area contributed by atoms with E-state index in [1.165, 1.54) is 48.9 Å². The lowest BCUT2D eigenvalue weighted by molar-refractivity contribution is -0.192. The molecule has 1 aromatic carbocycles. The summed E-state index contributed by atoms with van der Waals surface area (Å²) in [7, 11) is 2.78. The number of rotatable bonds is 8. The van der Waals surface area contributed by atoms with E-state index in [4.69, 9.17) is 32.7 Å². The Bertz CT molecular complexity index is 1540. The molecule has 9 nitrogen and oxygen atoms in total. The number of alkyl halides is 3. The van der Waals surface area contributed by atoms with Gasteiger partial charge in [0.05, 0.1) is 35.9 Å². The van der Waals surface area contributed by atoms with Gasteiger partial charge in [0.25, 0.3) is 5.56 Å². The number of likely N-dealkylation sites (tertiary alicyclic amines) is 1. The lowest BCUT2D eigenvalue weighted by Gasteiger charge is -2.51. The van der Waals surface area contributed by atoms with Crippen LogP contribution in [0.15, 0.2) is 28.3 Å². The van der Waals surface area contributed by atoms with Gasteiger partial charge in [-0.3, -0.25) is 19.1 Å². The highest BCUT2D eigenvalue weighted by Crippen LogP contribution is 2.45. The smallest absolute Gasteiger partial charge is 0.471 e. The van der Waals surface area contributed by atoms with Crippen molar-refractivity contribution < 1.29 is 27.4 Å². The van der Waals surface area contributed by atoms with Gasteiger partial charge < -0.3 is 14.4 Å². The van der Waals surface area contributed by atoms with E-state index < -0.39 is 23.7 Å². The number of hydrogen-bond acceptors (Lipinski definition) is 8. The molecule has 42 heavy (non-hydrogen) atoms. The second kappa shape index (κ2) is 12.1. The first kappa shape index (κ1) is 32.2. The topological polar surface area (TPSA) is 89.8 Å². The van der Waals surface area contributed by atoms with Crippen LogP contribution < -0.4 is 15.0 Å². The summed E-state index contributed by atoms with van der Waals surface area (Å²) in [6, 6.07) is 2.31. The lowest BCUT2D eigenvalue weighted by Crippen LogP contribution is -2.67. The summed E-state index contributed by atoms with van der Waals surface area (Å²) in [5.41, 5.74) is -0.559. The maximum atomic E-state index is 14.1. The summed E-state index contributed by atoms with van der Waals surface area (Å²) in [5.74, 6) is -1.57. The molecule has 0 unspecified atom stereocenters. The van der Waals surface area contributed by atoms with Crippen LogP contribution in [0.4, 0.5) is 13.2 Å². The van der Waals surface area contributed by atoms with Crippen LogP contribution in [0.2, 0.25) is 10.0 Å². The molecule has 2 aromatic heterocycles. The first-order chi connectivity index (χ1) is 19.6. The Morgan fingerprint density at radius 1 is 1.12 bits per heavy atom. The molecule has 3 heterocycles. The zero-order valence-electron chi connectivity index (χ0n) is 23.8. The van der Waals surface area contributed by atoms with Crippen molar-refractivity contribution in [2.24, 2.45) is 0 Å². The van der Waals surface area contributed by atoms with Crippen LogP contribution >= 0.6 is 35.0 Å². The van der Waals surface area contributed by atoms with E-state index in [1.807, 2.05) is 25.7 Å². The quantitative estimate of drug-likeness (QED) is 0.238. The Kier molecular flexibility index (Phi) is 9.27. The molecule has 0 atom stereocenters. The van der Waals surface area contributed by atoms with Gasteiger partial charge in [0.15, 0.2) is 5.16 Å². The SMILES string of the molecule is COc1cc(OC)c(Cl)c(-c2cc3cnc(SC)nc3n(CCN(C(=O)C(F)(F)F)C3CN(C(C)(C)C)C3)c2=O)c1Cl. The number of amides is 1. The van der Waals surface area contributed by atoms with Gasteiger partial charge in [-0.25, -0.2) is 9.97 Å². The Labute approximate surface area is 254 Å². The molecule has 228 valence electrons. The van der Waals surface area contributed by atoms with Gasteiger partial charge in [-0.1, -0.05) is 35.0 Å². The van der Waals surface area contributed by atoms with Crippen molar-refractivity contribution >= 4 is 51.9 Å². The van der Waals surface area contributed by atoms with E-state index in [0.29, 0.717) is 10.5 Å². The highest BCUT2D eigenvalue weighted by Gasteiger charge is 2.48. The van der Waals surface area contributed by atoms with E-state index in [9.17, 15) is 22.8 Å². The van der Waals surface area contributed by atoms with Crippen LogP contribution in [0.25, 0.3) is 22.2 Å². The van der Waals surface area contributed by atoms with Crippen LogP contribution in [-0.2, 0) is 11.3 Å². The Morgan fingerprint density at radius 2 is 1.71 bits per heavy atom. The van der Waals surface area contributed by atoms with E-state index in [1.54, 1.807) is 6.26 Å². The molecule has 0 saturated carbocycles. The zero-order valence-corrected chi connectivity index (χ0v) is 26.1. The van der Waals surface area contributed by atoms with E-state index >= 15 is 0 Å². The standard InChI is InChI=1S/C27H30Cl2F3N5O4S/c1-26(2,3)35-12-15(13-35)36(24(39)27(30,31)32)7-8-37-22-14(11-33-25(34-22)42-6)9-16(23(37)38)19-20(28)17(40-4)10-18(41-5)21(19)29/h9-11,15H,7-8,12-13H2,1-6H3. The molecule has 0 aliphatic carbocycles. The number of thioether (sulfide) groups is 1. The summed E-state index contributed by atoms with van der Waals surface area (Å²) in [5, 5.41) is 0.843. The number of halogens is 5. The number of fused-ring (bicyclic) bond motifs is 1. The molecule has 4 rings (SSSR count). The zero-order chi connectivity index (χ0) is 31.1. The minimum absolute atomic E-state index is 0.0338. The number of nitrogens with zero attached hydrogens (tertiary/aromatic N) is 5. The van der Waals surface area contributed by atoms with E-state index in [2.05, 4.69) is 9.97 Å². The number of carbonyl (C=O) groups excluding carboxylic acids is 1. The Balaban J connectivity index is 1.85. The van der Waals surface area contributed by atoms with E-state index in [0.717, 1.165) is 4.90 Å². The molecule has 1 aliphatic rings. The molecular formula is C27H30Cl2F3N5O4S. The second-order valence-electron chi connectivity index (χ2n) is 10.7. The summed E-state index contributed by atoms with van der Waals surface area (Å²) in [6.07, 6.45) is -1.83. The Hall–Kier alpha value is -2.74. The van der Waals surface area contributed by atoms with Crippen molar-refractivity contribution in [1.29, 1.82) is 0 Å². The molecule has 1 fully saturated rings. The third-order valence-corrected chi connectivity index (χ3v) is 8.46. The highest BCUT2D eigenvalue weighted by molar-refractivity contribution is 7.98. The van der Waals surface area contributed by atoms with Crippen LogP contribution in [-0.4, -0.2) is 88.1 Å². The monoisotopic (exact) mass is 647 g/mol. The normalized spacial score (nSPS) is 14.6. The molecule has 1 saturated heterocycles. The maximum Gasteiger partial charge on any atom is 0.471 e. The fraction of sp³-hybridized carbons (Fsp3) is 0.481. The average molecular weight is 649 g/mol. The highest BCUT2D eigenvalue weighted by atomic mass is 35.5. The number of hydrogen-bond donors (Lipinski definition) is 0. The third-order valence-electron chi connectivity index (χ3n) is 7.15. The van der Waals surface area contributed by atoms with Crippen LogP contribution in [0.3, 0.4) is 0 Å². The second-order valence-corrected chi connectivity index (χ2v) is 12.2. The average Bonchev–Trinajstić information content (AvgIpc) is 2.89. The van der Waals surface area contributed by atoms with Gasteiger partial charge in [0.1, 0.15) is 17.1 Å². The minimum atomic E-state index is -5.08. The lowest BCUT2D eigenvalue weighted by atomic mass is 9.96. The van der Waals surface area contributed by atoms with Gasteiger partial charge in [-0.2, -0.15) is 13.2 Å². The number of carbonyl (C=O) groups is 1. The number of ether oxygens (including phenoxy) is 2. The van der Waals surface area contributed by atoms with Crippen LogP contribution in [0.5, 0.6) is 11.5 Å². The van der Waals surface area contributed by atoms with Crippen molar-refractivity contribution in [3.8, 4) is 22.6 Å². The molecular weight excluding hydrogens is 618 g/mol. The molecule has 15 heteroatoms. The van der Waals surface area contributed by atoms with Crippen molar-refractivity contribution in [3.05, 3.63) is 38.7 Å². The van der Waals surface area contributed by atoms with Crippen LogP contribution in [0.1, 0.15) is 20.8 Å². The molecule has 1 aliphatic heterocycles. The van der Waals surface area contributed by atoms with E-state index in [-0.39, 0.29) is 70.0 Å². The Morgan fingerprint density at radius 3 is 2.21 bits per heavy atom. The minimum Gasteiger partial charge on any atom is -0.495 e. The first-order valence-corrected chi connectivity index (χ1v) is 14.8. The largest absolute Gasteiger partial charge is 0.495 e.